The molecule has 0 saturated heterocycles. The largest absolute Gasteiger partial charge is 0.623 e. The lowest BCUT2D eigenvalue weighted by molar-refractivity contribution is -0.530. The van der Waals surface area contributed by atoms with Crippen LogP contribution in [0, 0.1) is 5.21 Å². The SMILES string of the molecule is CC(C)(C)/[N+]([O-])=C\c1cc(C(=O)NC(CS)C(=O)O)c2nc3c(=O)[nH]c(=O)nc-3[nH]c2c1. The van der Waals surface area contributed by atoms with E-state index in [2.05, 4.69) is 32.9 Å². The molecule has 168 valence electrons. The standard InChI is InChI=1S/C19H20N6O6S/c1-19(2,3)25(31)6-8-4-9(15(26)21-11(7-32)17(28)29)12-10(5-8)20-14-13(22-12)16(27)24-18(30)23-14/h4-6,11,32H,7H2,1-3H3,(H,21,26)(H,28,29)(H2,20,23,24,27,30)/b25-6+. The van der Waals surface area contributed by atoms with E-state index in [1.165, 1.54) is 18.3 Å². The summed E-state index contributed by atoms with van der Waals surface area (Å²) in [5.74, 6) is -2.36. The molecule has 0 aliphatic carbocycles. The summed E-state index contributed by atoms with van der Waals surface area (Å²) in [6, 6.07) is 1.56. The van der Waals surface area contributed by atoms with Gasteiger partial charge in [0.15, 0.2) is 23.3 Å². The number of nitrogens with zero attached hydrogens (tertiary/aromatic N) is 3. The molecule has 1 aromatic rings. The number of hydroxylamine groups is 1. The number of fused-ring (bicyclic) bond motifs is 2. The number of H-pyrrole nitrogens is 2. The Morgan fingerprint density at radius 2 is 1.97 bits per heavy atom. The van der Waals surface area contributed by atoms with E-state index in [1.807, 2.05) is 4.98 Å². The molecule has 2 aliphatic rings. The normalized spacial score (nSPS) is 13.3. The topological polar surface area (TPSA) is 184 Å². The van der Waals surface area contributed by atoms with Crippen molar-refractivity contribution in [1.29, 1.82) is 0 Å². The average Bonchev–Trinajstić information content (AvgIpc) is 2.68. The maximum atomic E-state index is 12.9. The van der Waals surface area contributed by atoms with Crippen LogP contribution in [0.1, 0.15) is 36.7 Å². The molecule has 1 unspecified atom stereocenters. The van der Waals surface area contributed by atoms with Gasteiger partial charge in [0.05, 0.1) is 11.1 Å². The maximum Gasteiger partial charge on any atom is 0.349 e. The number of carbonyl (C=O) groups excluding carboxylic acids is 1. The van der Waals surface area contributed by atoms with Crippen LogP contribution in [0.2, 0.25) is 0 Å². The Hall–Kier alpha value is -3.74. The molecule has 3 rings (SSSR count). The summed E-state index contributed by atoms with van der Waals surface area (Å²) >= 11 is 3.93. The van der Waals surface area contributed by atoms with Crippen molar-refractivity contribution in [3.8, 4) is 11.5 Å². The summed E-state index contributed by atoms with van der Waals surface area (Å²) in [4.78, 5) is 60.6. The highest BCUT2D eigenvalue weighted by Gasteiger charge is 2.24. The van der Waals surface area contributed by atoms with Crippen molar-refractivity contribution >= 4 is 41.8 Å². The van der Waals surface area contributed by atoms with E-state index >= 15 is 0 Å². The fourth-order valence-electron chi connectivity index (χ4n) is 2.75. The van der Waals surface area contributed by atoms with Gasteiger partial charge < -0.3 is 20.6 Å². The number of carbonyl (C=O) groups is 2. The smallest absolute Gasteiger partial charge is 0.349 e. The van der Waals surface area contributed by atoms with Crippen molar-refractivity contribution in [2.45, 2.75) is 32.4 Å². The molecular formula is C19H20N6O6S. The lowest BCUT2D eigenvalue weighted by Crippen LogP contribution is -2.42. The highest BCUT2D eigenvalue weighted by molar-refractivity contribution is 7.80. The molecule has 1 amide bonds. The van der Waals surface area contributed by atoms with Crippen LogP contribution in [0.5, 0.6) is 0 Å². The monoisotopic (exact) mass is 460 g/mol. The second-order valence-electron chi connectivity index (χ2n) is 7.94. The predicted molar refractivity (Wildman–Crippen MR) is 119 cm³/mol. The van der Waals surface area contributed by atoms with Crippen molar-refractivity contribution in [1.82, 2.24) is 25.3 Å². The van der Waals surface area contributed by atoms with Crippen LogP contribution in [0.15, 0.2) is 21.7 Å². The number of aromatic amines is 2. The van der Waals surface area contributed by atoms with Crippen molar-refractivity contribution in [3.63, 3.8) is 0 Å². The zero-order chi connectivity index (χ0) is 23.8. The number of amides is 1. The molecule has 1 aromatic carbocycles. The summed E-state index contributed by atoms with van der Waals surface area (Å²) in [7, 11) is 0. The van der Waals surface area contributed by atoms with Gasteiger partial charge in [-0.1, -0.05) is 0 Å². The molecule has 2 aliphatic heterocycles. The fourth-order valence-corrected chi connectivity index (χ4v) is 2.99. The van der Waals surface area contributed by atoms with Crippen LogP contribution in [-0.4, -0.2) is 65.2 Å². The Labute approximate surface area is 185 Å². The number of thiol groups is 1. The molecule has 1 atom stereocenters. The first-order chi connectivity index (χ1) is 14.9. The zero-order valence-electron chi connectivity index (χ0n) is 17.3. The van der Waals surface area contributed by atoms with Gasteiger partial charge in [0.1, 0.15) is 11.6 Å². The first-order valence-corrected chi connectivity index (χ1v) is 9.98. The number of benzene rings is 1. The van der Waals surface area contributed by atoms with E-state index in [9.17, 15) is 29.5 Å². The third-order valence-electron chi connectivity index (χ3n) is 4.44. The number of carboxylic acids is 1. The van der Waals surface area contributed by atoms with Gasteiger partial charge in [-0.05, 0) is 12.1 Å². The summed E-state index contributed by atoms with van der Waals surface area (Å²) in [6.07, 6.45) is 1.26. The second kappa shape index (κ2) is 8.42. The third-order valence-corrected chi connectivity index (χ3v) is 4.81. The Bertz CT molecular complexity index is 1340. The van der Waals surface area contributed by atoms with E-state index in [1.54, 1.807) is 20.8 Å². The summed E-state index contributed by atoms with van der Waals surface area (Å²) in [5.41, 5.74) is -2.23. The van der Waals surface area contributed by atoms with E-state index in [0.717, 1.165) is 0 Å². The van der Waals surface area contributed by atoms with Gasteiger partial charge in [-0.3, -0.25) is 14.6 Å². The summed E-state index contributed by atoms with van der Waals surface area (Å²) in [6.45, 7) is 5.09. The number of hydrogen-bond donors (Lipinski definition) is 5. The fraction of sp³-hybridized carbons (Fsp3) is 0.316. The number of rotatable bonds is 5. The van der Waals surface area contributed by atoms with Crippen LogP contribution in [0.4, 0.5) is 0 Å². The third kappa shape index (κ3) is 4.61. The van der Waals surface area contributed by atoms with E-state index in [-0.39, 0.29) is 33.9 Å². The average molecular weight is 460 g/mol. The Balaban J connectivity index is 2.30. The first-order valence-electron chi connectivity index (χ1n) is 9.34. The van der Waals surface area contributed by atoms with Crippen molar-refractivity contribution < 1.29 is 19.4 Å². The van der Waals surface area contributed by atoms with Gasteiger partial charge in [-0.2, -0.15) is 17.6 Å². The Morgan fingerprint density at radius 1 is 1.28 bits per heavy atom. The van der Waals surface area contributed by atoms with E-state index < -0.39 is 34.7 Å². The molecule has 0 spiro atoms. The summed E-state index contributed by atoms with van der Waals surface area (Å²) in [5, 5.41) is 24.0. The van der Waals surface area contributed by atoms with Crippen LogP contribution in [0.3, 0.4) is 0 Å². The Kier molecular flexibility index (Phi) is 6.03. The highest BCUT2D eigenvalue weighted by atomic mass is 32.1. The molecule has 4 N–H and O–H groups in total. The molecule has 13 heteroatoms. The number of hydrogen-bond acceptors (Lipinski definition) is 8. The van der Waals surface area contributed by atoms with E-state index in [4.69, 9.17) is 0 Å². The number of aromatic nitrogens is 4. The first kappa shape index (κ1) is 22.9. The van der Waals surface area contributed by atoms with Gasteiger partial charge in [-0.15, -0.1) is 0 Å². The molecule has 0 aromatic heterocycles. The predicted octanol–water partition coefficient (Wildman–Crippen LogP) is -0.0483. The number of aliphatic carboxylic acids is 1. The van der Waals surface area contributed by atoms with E-state index in [0.29, 0.717) is 10.3 Å². The quantitative estimate of drug-likeness (QED) is 0.0876. The molecule has 0 bridgehead atoms. The van der Waals surface area contributed by atoms with Gasteiger partial charge in [0.2, 0.25) is 0 Å². The van der Waals surface area contributed by atoms with Crippen LogP contribution >= 0.6 is 12.6 Å². The van der Waals surface area contributed by atoms with Crippen molar-refractivity contribution in [2.24, 2.45) is 0 Å². The molecule has 32 heavy (non-hydrogen) atoms. The maximum absolute atomic E-state index is 12.9. The lowest BCUT2D eigenvalue weighted by atomic mass is 10.1. The lowest BCUT2D eigenvalue weighted by Gasteiger charge is -2.19. The zero-order valence-corrected chi connectivity index (χ0v) is 18.2. The Morgan fingerprint density at radius 3 is 2.56 bits per heavy atom. The number of nitrogens with one attached hydrogen (secondary N) is 3. The summed E-state index contributed by atoms with van der Waals surface area (Å²) < 4.78 is 0.691. The number of carboxylic acid groups (broad SMARTS) is 1. The van der Waals surface area contributed by atoms with Crippen LogP contribution < -0.4 is 16.6 Å². The van der Waals surface area contributed by atoms with Crippen LogP contribution in [0.25, 0.3) is 22.6 Å². The van der Waals surface area contributed by atoms with Gasteiger partial charge >= 0.3 is 11.7 Å². The molecule has 0 radical (unpaired) electrons. The minimum atomic E-state index is -1.28. The molecule has 0 saturated carbocycles. The van der Waals surface area contributed by atoms with Gasteiger partial charge in [-0.25, -0.2) is 19.3 Å². The van der Waals surface area contributed by atoms with Crippen molar-refractivity contribution in [2.75, 3.05) is 5.75 Å². The minimum Gasteiger partial charge on any atom is -0.623 e. The minimum absolute atomic E-state index is 0.0228. The van der Waals surface area contributed by atoms with Crippen LogP contribution in [-0.2, 0) is 4.79 Å². The van der Waals surface area contributed by atoms with Gasteiger partial charge in [0, 0.05) is 32.1 Å². The molecule has 12 nitrogen and oxygen atoms in total. The molecular weight excluding hydrogens is 440 g/mol. The second-order valence-corrected chi connectivity index (χ2v) is 8.31. The molecule has 0 fully saturated rings. The highest BCUT2D eigenvalue weighted by Crippen LogP contribution is 2.22. The molecule has 2 heterocycles. The van der Waals surface area contributed by atoms with Gasteiger partial charge in [0.25, 0.3) is 11.5 Å². The van der Waals surface area contributed by atoms with Crippen molar-refractivity contribution in [3.05, 3.63) is 49.3 Å².